The van der Waals surface area contributed by atoms with Gasteiger partial charge in [-0.15, -0.1) is 0 Å². The molecule has 0 aliphatic heterocycles. The van der Waals surface area contributed by atoms with Crippen molar-refractivity contribution < 1.29 is 9.15 Å². The largest absolute Gasteiger partial charge is 0.493 e. The summed E-state index contributed by atoms with van der Waals surface area (Å²) < 4.78 is 11.1. The van der Waals surface area contributed by atoms with E-state index < -0.39 is 0 Å². The van der Waals surface area contributed by atoms with Crippen molar-refractivity contribution in [1.82, 2.24) is 0 Å². The Morgan fingerprint density at radius 1 is 1.28 bits per heavy atom. The minimum absolute atomic E-state index is 0.194. The second-order valence-electron chi connectivity index (χ2n) is 5.28. The van der Waals surface area contributed by atoms with Crippen molar-refractivity contribution in [2.75, 3.05) is 7.11 Å². The van der Waals surface area contributed by atoms with E-state index in [1.54, 1.807) is 7.11 Å². The fraction of sp³-hybridized carbons (Fsp3) is 0.467. The molecule has 1 aliphatic rings. The van der Waals surface area contributed by atoms with Gasteiger partial charge in [0.25, 0.3) is 0 Å². The molecule has 2 N–H and O–H groups in total. The predicted molar refractivity (Wildman–Crippen MR) is 71.8 cm³/mol. The van der Waals surface area contributed by atoms with Crippen LogP contribution in [0.5, 0.6) is 5.75 Å². The minimum Gasteiger partial charge on any atom is -0.493 e. The van der Waals surface area contributed by atoms with Crippen LogP contribution in [0.1, 0.15) is 37.0 Å². The third-order valence-corrected chi connectivity index (χ3v) is 4.02. The summed E-state index contributed by atoms with van der Waals surface area (Å²) in [5.74, 6) is 1.68. The lowest BCUT2D eigenvalue weighted by molar-refractivity contribution is 0.407. The Bertz CT molecular complexity index is 579. The van der Waals surface area contributed by atoms with Gasteiger partial charge in [-0.1, -0.05) is 18.9 Å². The number of rotatable bonds is 2. The SMILES string of the molecule is COc1ccc(C2(N)CCCC2)c2cc(C)oc12. The molecule has 2 aromatic rings. The molecule has 1 aromatic carbocycles. The normalized spacial score (nSPS) is 18.4. The lowest BCUT2D eigenvalue weighted by atomic mass is 9.87. The molecular formula is C15H19NO2. The van der Waals surface area contributed by atoms with Gasteiger partial charge in [0.2, 0.25) is 0 Å². The number of methoxy groups -OCH3 is 1. The van der Waals surface area contributed by atoms with Gasteiger partial charge >= 0.3 is 0 Å². The molecule has 3 heteroatoms. The van der Waals surface area contributed by atoms with Crippen LogP contribution in [-0.2, 0) is 5.54 Å². The van der Waals surface area contributed by atoms with Gasteiger partial charge in [0.1, 0.15) is 5.76 Å². The first kappa shape index (κ1) is 11.6. The van der Waals surface area contributed by atoms with Crippen LogP contribution in [0.2, 0.25) is 0 Å². The molecule has 0 atom stereocenters. The quantitative estimate of drug-likeness (QED) is 0.881. The number of hydrogen-bond donors (Lipinski definition) is 1. The van der Waals surface area contributed by atoms with Gasteiger partial charge in [-0.2, -0.15) is 0 Å². The van der Waals surface area contributed by atoms with Crippen LogP contribution in [0.3, 0.4) is 0 Å². The molecule has 0 amide bonds. The molecule has 0 bridgehead atoms. The van der Waals surface area contributed by atoms with Gasteiger partial charge < -0.3 is 14.9 Å². The molecule has 0 spiro atoms. The van der Waals surface area contributed by atoms with Crippen molar-refractivity contribution >= 4 is 11.0 Å². The van der Waals surface area contributed by atoms with E-state index >= 15 is 0 Å². The Balaban J connectivity index is 2.24. The van der Waals surface area contributed by atoms with Crippen LogP contribution in [0.15, 0.2) is 22.6 Å². The zero-order valence-corrected chi connectivity index (χ0v) is 11.0. The summed E-state index contributed by atoms with van der Waals surface area (Å²) in [4.78, 5) is 0. The number of nitrogens with two attached hydrogens (primary N) is 1. The van der Waals surface area contributed by atoms with E-state index in [0.717, 1.165) is 35.3 Å². The Morgan fingerprint density at radius 2 is 2.00 bits per heavy atom. The highest BCUT2D eigenvalue weighted by molar-refractivity contribution is 5.88. The highest BCUT2D eigenvalue weighted by atomic mass is 16.5. The Morgan fingerprint density at radius 3 is 2.67 bits per heavy atom. The molecule has 18 heavy (non-hydrogen) atoms. The predicted octanol–water partition coefficient (Wildman–Crippen LogP) is 3.48. The van der Waals surface area contributed by atoms with Crippen molar-refractivity contribution in [3.8, 4) is 5.75 Å². The molecular weight excluding hydrogens is 226 g/mol. The summed E-state index contributed by atoms with van der Waals surface area (Å²) in [5, 5.41) is 1.11. The third kappa shape index (κ3) is 1.62. The van der Waals surface area contributed by atoms with E-state index in [2.05, 4.69) is 12.1 Å². The van der Waals surface area contributed by atoms with Crippen LogP contribution >= 0.6 is 0 Å². The molecule has 1 aromatic heterocycles. The summed E-state index contributed by atoms with van der Waals surface area (Å²) in [5.41, 5.74) is 8.40. The number of fused-ring (bicyclic) bond motifs is 1. The first-order valence-electron chi connectivity index (χ1n) is 6.50. The number of furan rings is 1. The molecule has 1 fully saturated rings. The highest BCUT2D eigenvalue weighted by Gasteiger charge is 2.33. The molecule has 1 heterocycles. The monoisotopic (exact) mass is 245 g/mol. The lowest BCUT2D eigenvalue weighted by Gasteiger charge is -2.25. The van der Waals surface area contributed by atoms with Gasteiger partial charge in [0.05, 0.1) is 7.11 Å². The van der Waals surface area contributed by atoms with Gasteiger partial charge in [0, 0.05) is 10.9 Å². The highest BCUT2D eigenvalue weighted by Crippen LogP contribution is 2.42. The summed E-state index contributed by atoms with van der Waals surface area (Å²) in [6, 6.07) is 6.13. The Labute approximate surface area is 107 Å². The zero-order valence-electron chi connectivity index (χ0n) is 11.0. The van der Waals surface area contributed by atoms with Gasteiger partial charge in [-0.25, -0.2) is 0 Å². The van der Waals surface area contributed by atoms with Crippen LogP contribution in [0.4, 0.5) is 0 Å². The lowest BCUT2D eigenvalue weighted by Crippen LogP contribution is -2.33. The van der Waals surface area contributed by atoms with Gasteiger partial charge in [0.15, 0.2) is 11.3 Å². The second-order valence-corrected chi connectivity index (χ2v) is 5.28. The maximum atomic E-state index is 6.56. The molecule has 1 aliphatic carbocycles. The zero-order chi connectivity index (χ0) is 12.8. The van der Waals surface area contributed by atoms with Crippen molar-refractivity contribution in [2.24, 2.45) is 5.73 Å². The first-order valence-corrected chi connectivity index (χ1v) is 6.50. The van der Waals surface area contributed by atoms with E-state index in [0.29, 0.717) is 0 Å². The number of ether oxygens (including phenoxy) is 1. The van der Waals surface area contributed by atoms with Crippen molar-refractivity contribution in [3.63, 3.8) is 0 Å². The van der Waals surface area contributed by atoms with Crippen LogP contribution in [0, 0.1) is 6.92 Å². The van der Waals surface area contributed by atoms with E-state index in [1.165, 1.54) is 18.4 Å². The summed E-state index contributed by atoms with van der Waals surface area (Å²) >= 11 is 0. The molecule has 0 unspecified atom stereocenters. The van der Waals surface area contributed by atoms with Crippen molar-refractivity contribution in [2.45, 2.75) is 38.1 Å². The summed E-state index contributed by atoms with van der Waals surface area (Å²) in [6.45, 7) is 1.96. The molecule has 96 valence electrons. The molecule has 3 rings (SSSR count). The fourth-order valence-corrected chi connectivity index (χ4v) is 3.09. The first-order chi connectivity index (χ1) is 8.64. The number of benzene rings is 1. The number of aryl methyl sites for hydroxylation is 1. The van der Waals surface area contributed by atoms with E-state index in [-0.39, 0.29) is 5.54 Å². The maximum absolute atomic E-state index is 6.56. The molecule has 1 saturated carbocycles. The summed E-state index contributed by atoms with van der Waals surface area (Å²) in [7, 11) is 1.67. The van der Waals surface area contributed by atoms with E-state index in [4.69, 9.17) is 14.9 Å². The topological polar surface area (TPSA) is 48.4 Å². The summed E-state index contributed by atoms with van der Waals surface area (Å²) in [6.07, 6.45) is 4.53. The Hall–Kier alpha value is -1.48. The smallest absolute Gasteiger partial charge is 0.176 e. The average Bonchev–Trinajstić information content (AvgIpc) is 2.94. The van der Waals surface area contributed by atoms with E-state index in [1.807, 2.05) is 13.0 Å². The van der Waals surface area contributed by atoms with E-state index in [9.17, 15) is 0 Å². The second kappa shape index (κ2) is 4.02. The minimum atomic E-state index is -0.194. The van der Waals surface area contributed by atoms with Crippen LogP contribution in [0.25, 0.3) is 11.0 Å². The Kier molecular flexibility index (Phi) is 2.59. The third-order valence-electron chi connectivity index (χ3n) is 4.02. The fourth-order valence-electron chi connectivity index (χ4n) is 3.09. The van der Waals surface area contributed by atoms with Crippen molar-refractivity contribution in [3.05, 3.63) is 29.5 Å². The number of hydrogen-bond acceptors (Lipinski definition) is 3. The maximum Gasteiger partial charge on any atom is 0.176 e. The molecule has 3 nitrogen and oxygen atoms in total. The molecule has 0 saturated heterocycles. The standard InChI is InChI=1S/C15H19NO2/c1-10-9-11-12(15(16)7-3-4-8-15)5-6-13(17-2)14(11)18-10/h5-6,9H,3-4,7-8,16H2,1-2H3. The van der Waals surface area contributed by atoms with Crippen molar-refractivity contribution in [1.29, 1.82) is 0 Å². The van der Waals surface area contributed by atoms with Gasteiger partial charge in [-0.05, 0) is 37.5 Å². The van der Waals surface area contributed by atoms with Crippen LogP contribution < -0.4 is 10.5 Å². The van der Waals surface area contributed by atoms with Gasteiger partial charge in [-0.3, -0.25) is 0 Å². The average molecular weight is 245 g/mol. The van der Waals surface area contributed by atoms with Crippen LogP contribution in [-0.4, -0.2) is 7.11 Å². The molecule has 0 radical (unpaired) electrons.